The van der Waals surface area contributed by atoms with Crippen molar-refractivity contribution in [2.75, 3.05) is 11.4 Å². The molecule has 0 saturated carbocycles. The molecule has 102 valence electrons. The first-order valence-electron chi connectivity index (χ1n) is 6.37. The summed E-state index contributed by atoms with van der Waals surface area (Å²) in [4.78, 5) is 24.6. The van der Waals surface area contributed by atoms with Crippen LogP contribution in [0.4, 0.5) is 10.5 Å². The summed E-state index contributed by atoms with van der Waals surface area (Å²) in [6, 6.07) is 6.49. The van der Waals surface area contributed by atoms with Crippen LogP contribution in [0.5, 0.6) is 0 Å². The number of urea groups is 1. The summed E-state index contributed by atoms with van der Waals surface area (Å²) >= 11 is 0. The van der Waals surface area contributed by atoms with E-state index in [0.29, 0.717) is 12.5 Å². The topological polar surface area (TPSA) is 69.6 Å². The van der Waals surface area contributed by atoms with Crippen molar-refractivity contribution in [1.82, 2.24) is 5.32 Å². The van der Waals surface area contributed by atoms with Crippen LogP contribution in [0.25, 0.3) is 0 Å². The van der Waals surface area contributed by atoms with Crippen LogP contribution in [-0.2, 0) is 11.2 Å². The molecule has 0 spiro atoms. The average molecular weight is 262 g/mol. The van der Waals surface area contributed by atoms with Gasteiger partial charge in [-0.3, -0.25) is 9.69 Å². The van der Waals surface area contributed by atoms with Gasteiger partial charge in [-0.1, -0.05) is 25.1 Å². The van der Waals surface area contributed by atoms with E-state index in [1.165, 1.54) is 6.92 Å². The Kier molecular flexibility index (Phi) is 3.74. The van der Waals surface area contributed by atoms with E-state index in [0.717, 1.165) is 17.7 Å². The lowest BCUT2D eigenvalue weighted by molar-refractivity contribution is -0.138. The van der Waals surface area contributed by atoms with E-state index in [1.54, 1.807) is 4.90 Å². The fourth-order valence-corrected chi connectivity index (χ4v) is 2.31. The van der Waals surface area contributed by atoms with Crippen molar-refractivity contribution >= 4 is 17.7 Å². The number of carboxylic acid groups (broad SMARTS) is 1. The zero-order chi connectivity index (χ0) is 14.0. The zero-order valence-electron chi connectivity index (χ0n) is 11.1. The first kappa shape index (κ1) is 13.4. The number of carbonyl (C=O) groups is 2. The number of nitrogens with zero attached hydrogens (tertiary/aromatic N) is 1. The molecule has 1 heterocycles. The number of carbonyl (C=O) groups excluding carboxylic acids is 1. The largest absolute Gasteiger partial charge is 0.480 e. The number of aliphatic carboxylic acids is 1. The summed E-state index contributed by atoms with van der Waals surface area (Å²) in [7, 11) is 0. The summed E-state index contributed by atoms with van der Waals surface area (Å²) in [5.74, 6) is -0.674. The minimum atomic E-state index is -1.04. The Labute approximate surface area is 112 Å². The fraction of sp³-hybridized carbons (Fsp3) is 0.429. The van der Waals surface area contributed by atoms with Crippen molar-refractivity contribution in [3.8, 4) is 0 Å². The van der Waals surface area contributed by atoms with Crippen LogP contribution in [0.3, 0.4) is 0 Å². The van der Waals surface area contributed by atoms with E-state index < -0.39 is 12.0 Å². The molecule has 5 nitrogen and oxygen atoms in total. The number of para-hydroxylation sites is 1. The highest BCUT2D eigenvalue weighted by molar-refractivity contribution is 5.95. The summed E-state index contributed by atoms with van der Waals surface area (Å²) in [5.41, 5.74) is 2.00. The van der Waals surface area contributed by atoms with Gasteiger partial charge in [0.2, 0.25) is 0 Å². The average Bonchev–Trinajstić information content (AvgIpc) is 2.37. The van der Waals surface area contributed by atoms with Crippen molar-refractivity contribution in [1.29, 1.82) is 0 Å². The van der Waals surface area contributed by atoms with Crippen molar-refractivity contribution in [2.24, 2.45) is 5.92 Å². The molecule has 1 unspecified atom stereocenters. The zero-order valence-corrected chi connectivity index (χ0v) is 11.1. The Hall–Kier alpha value is -2.04. The van der Waals surface area contributed by atoms with E-state index in [-0.39, 0.29) is 6.03 Å². The number of benzene rings is 1. The molecule has 5 heteroatoms. The first-order chi connectivity index (χ1) is 8.99. The molecule has 2 rings (SSSR count). The van der Waals surface area contributed by atoms with Gasteiger partial charge in [-0.2, -0.15) is 0 Å². The normalized spacial score (nSPS) is 19.5. The van der Waals surface area contributed by atoms with Crippen LogP contribution in [0, 0.1) is 5.92 Å². The standard InChI is InChI=1S/C14H18N2O3/c1-9-7-11-5-3-4-6-12(11)16(8-9)14(19)15-10(2)13(17)18/h3-6,9-10H,7-8H2,1-2H3,(H,15,19)(H,17,18)/t9?,10-/m0/s1. The van der Waals surface area contributed by atoms with Crippen molar-refractivity contribution in [3.05, 3.63) is 29.8 Å². The highest BCUT2D eigenvalue weighted by atomic mass is 16.4. The lowest BCUT2D eigenvalue weighted by atomic mass is 9.94. The molecule has 1 aromatic carbocycles. The van der Waals surface area contributed by atoms with Gasteiger partial charge in [0, 0.05) is 12.2 Å². The molecule has 1 aromatic rings. The third kappa shape index (κ3) is 2.86. The number of rotatable bonds is 2. The lowest BCUT2D eigenvalue weighted by Crippen LogP contribution is -2.49. The summed E-state index contributed by atoms with van der Waals surface area (Å²) in [6.45, 7) is 4.14. The predicted molar refractivity (Wildman–Crippen MR) is 72.3 cm³/mol. The van der Waals surface area contributed by atoms with Gasteiger partial charge in [0.25, 0.3) is 0 Å². The van der Waals surface area contributed by atoms with Gasteiger partial charge in [-0.25, -0.2) is 4.79 Å². The minimum absolute atomic E-state index is 0.353. The number of fused-ring (bicyclic) bond motifs is 1. The molecule has 2 amide bonds. The molecular formula is C14H18N2O3. The Morgan fingerprint density at radius 2 is 2.11 bits per heavy atom. The van der Waals surface area contributed by atoms with E-state index in [9.17, 15) is 9.59 Å². The van der Waals surface area contributed by atoms with Gasteiger partial charge >= 0.3 is 12.0 Å². The lowest BCUT2D eigenvalue weighted by Gasteiger charge is -2.33. The molecule has 2 atom stereocenters. The number of amides is 2. The maximum Gasteiger partial charge on any atom is 0.325 e. The second kappa shape index (κ2) is 5.30. The van der Waals surface area contributed by atoms with Gasteiger partial charge in [-0.05, 0) is 30.9 Å². The molecule has 0 radical (unpaired) electrons. The highest BCUT2D eigenvalue weighted by Crippen LogP contribution is 2.29. The van der Waals surface area contributed by atoms with Crippen molar-refractivity contribution < 1.29 is 14.7 Å². The molecule has 0 saturated heterocycles. The fourth-order valence-electron chi connectivity index (χ4n) is 2.31. The van der Waals surface area contributed by atoms with E-state index in [1.807, 2.05) is 24.3 Å². The smallest absolute Gasteiger partial charge is 0.325 e. The van der Waals surface area contributed by atoms with Crippen molar-refractivity contribution in [3.63, 3.8) is 0 Å². The first-order valence-corrected chi connectivity index (χ1v) is 6.37. The molecule has 0 aromatic heterocycles. The molecule has 1 aliphatic rings. The predicted octanol–water partition coefficient (Wildman–Crippen LogP) is 1.87. The van der Waals surface area contributed by atoms with Gasteiger partial charge in [-0.15, -0.1) is 0 Å². The van der Waals surface area contributed by atoms with Gasteiger partial charge < -0.3 is 10.4 Å². The van der Waals surface area contributed by atoms with Crippen LogP contribution in [-0.4, -0.2) is 29.7 Å². The van der Waals surface area contributed by atoms with Crippen LogP contribution >= 0.6 is 0 Å². The second-order valence-electron chi connectivity index (χ2n) is 5.06. The van der Waals surface area contributed by atoms with Crippen molar-refractivity contribution in [2.45, 2.75) is 26.3 Å². The van der Waals surface area contributed by atoms with E-state index in [2.05, 4.69) is 12.2 Å². The quantitative estimate of drug-likeness (QED) is 0.854. The number of hydrogen-bond acceptors (Lipinski definition) is 2. The Bertz CT molecular complexity index is 501. The molecule has 2 N–H and O–H groups in total. The van der Waals surface area contributed by atoms with Gasteiger partial charge in [0.05, 0.1) is 0 Å². The third-order valence-corrected chi connectivity index (χ3v) is 3.30. The molecule has 19 heavy (non-hydrogen) atoms. The van der Waals surface area contributed by atoms with Crippen LogP contribution < -0.4 is 10.2 Å². The van der Waals surface area contributed by atoms with Crippen LogP contribution in [0.2, 0.25) is 0 Å². The summed E-state index contributed by atoms with van der Waals surface area (Å²) < 4.78 is 0. The number of nitrogens with one attached hydrogen (secondary N) is 1. The third-order valence-electron chi connectivity index (χ3n) is 3.30. The summed E-state index contributed by atoms with van der Waals surface area (Å²) in [5, 5.41) is 11.3. The van der Waals surface area contributed by atoms with Gasteiger partial charge in [0.15, 0.2) is 0 Å². The summed E-state index contributed by atoms with van der Waals surface area (Å²) in [6.07, 6.45) is 0.939. The molecular weight excluding hydrogens is 244 g/mol. The molecule has 0 bridgehead atoms. The molecule has 0 aliphatic carbocycles. The second-order valence-corrected chi connectivity index (χ2v) is 5.06. The SMILES string of the molecule is CC1Cc2ccccc2N(C(=O)N[C@@H](C)C(=O)O)C1. The van der Waals surface area contributed by atoms with Crippen LogP contribution in [0.15, 0.2) is 24.3 Å². The van der Waals surface area contributed by atoms with Crippen LogP contribution in [0.1, 0.15) is 19.4 Å². The highest BCUT2D eigenvalue weighted by Gasteiger charge is 2.27. The number of anilines is 1. The number of hydrogen-bond donors (Lipinski definition) is 2. The molecule has 1 aliphatic heterocycles. The van der Waals surface area contributed by atoms with E-state index >= 15 is 0 Å². The minimum Gasteiger partial charge on any atom is -0.480 e. The van der Waals surface area contributed by atoms with Gasteiger partial charge in [0.1, 0.15) is 6.04 Å². The maximum absolute atomic E-state index is 12.2. The van der Waals surface area contributed by atoms with E-state index in [4.69, 9.17) is 5.11 Å². The molecule has 0 fully saturated rings. The Balaban J connectivity index is 2.20. The maximum atomic E-state index is 12.2. The number of carboxylic acids is 1. The Morgan fingerprint density at radius 1 is 1.42 bits per heavy atom. The Morgan fingerprint density at radius 3 is 2.79 bits per heavy atom. The monoisotopic (exact) mass is 262 g/mol.